The van der Waals surface area contributed by atoms with Gasteiger partial charge in [-0.05, 0) is 36.8 Å². The molecular weight excluding hydrogens is 304 g/mol. The molecule has 0 aliphatic carbocycles. The number of anilines is 2. The van der Waals surface area contributed by atoms with Crippen LogP contribution in [0.2, 0.25) is 0 Å². The average molecular weight is 322 g/mol. The van der Waals surface area contributed by atoms with Crippen LogP contribution in [0.25, 0.3) is 0 Å². The Kier molecular flexibility index (Phi) is 4.29. The van der Waals surface area contributed by atoms with Gasteiger partial charge in [0, 0.05) is 12.1 Å². The van der Waals surface area contributed by atoms with Gasteiger partial charge >= 0.3 is 0 Å². The minimum absolute atomic E-state index is 0.182. The lowest BCUT2D eigenvalue weighted by molar-refractivity contribution is -0.119. The standard InChI is InChI=1S/C18H18N4O2/c1-12-6-5-7-13(10-12)20-18(24)15-11-16(17(19)23)22(21-15)14-8-3-2-4-9-14/h2-10,16H,11H2,1H3,(H2,19,23)(H,20,24). The molecule has 0 fully saturated rings. The van der Waals surface area contributed by atoms with E-state index in [9.17, 15) is 9.59 Å². The summed E-state index contributed by atoms with van der Waals surface area (Å²) in [6, 6.07) is 16.0. The van der Waals surface area contributed by atoms with Gasteiger partial charge in [-0.15, -0.1) is 0 Å². The molecule has 1 heterocycles. The highest BCUT2D eigenvalue weighted by Gasteiger charge is 2.34. The van der Waals surface area contributed by atoms with Crippen LogP contribution < -0.4 is 16.1 Å². The molecule has 2 aromatic rings. The van der Waals surface area contributed by atoms with Gasteiger partial charge in [0.1, 0.15) is 11.8 Å². The summed E-state index contributed by atoms with van der Waals surface area (Å²) in [5.41, 5.74) is 8.21. The van der Waals surface area contributed by atoms with Crippen LogP contribution in [0, 0.1) is 6.92 Å². The quantitative estimate of drug-likeness (QED) is 0.903. The summed E-state index contributed by atoms with van der Waals surface area (Å²) in [6.45, 7) is 1.95. The second-order valence-corrected chi connectivity index (χ2v) is 5.67. The van der Waals surface area contributed by atoms with Gasteiger partial charge in [0.2, 0.25) is 5.91 Å². The highest BCUT2D eigenvalue weighted by atomic mass is 16.2. The van der Waals surface area contributed by atoms with Gasteiger partial charge < -0.3 is 11.1 Å². The number of carbonyl (C=O) groups excluding carboxylic acids is 2. The van der Waals surface area contributed by atoms with Crippen LogP contribution in [0.1, 0.15) is 12.0 Å². The first-order valence-corrected chi connectivity index (χ1v) is 7.63. The number of hydrogen-bond donors (Lipinski definition) is 2. The number of rotatable bonds is 4. The molecule has 2 aromatic carbocycles. The summed E-state index contributed by atoms with van der Waals surface area (Å²) in [6.07, 6.45) is 0.182. The molecule has 0 saturated heterocycles. The van der Waals surface area contributed by atoms with Crippen molar-refractivity contribution in [3.05, 3.63) is 60.2 Å². The number of aryl methyl sites for hydroxylation is 1. The molecule has 2 amide bonds. The van der Waals surface area contributed by atoms with E-state index < -0.39 is 11.9 Å². The van der Waals surface area contributed by atoms with E-state index >= 15 is 0 Å². The molecule has 3 N–H and O–H groups in total. The molecule has 6 heteroatoms. The number of hydrazone groups is 1. The highest BCUT2D eigenvalue weighted by molar-refractivity contribution is 6.44. The van der Waals surface area contributed by atoms with Gasteiger partial charge in [-0.2, -0.15) is 5.10 Å². The van der Waals surface area contributed by atoms with Crippen LogP contribution in [-0.4, -0.2) is 23.6 Å². The second-order valence-electron chi connectivity index (χ2n) is 5.67. The molecule has 0 saturated carbocycles. The van der Waals surface area contributed by atoms with Crippen molar-refractivity contribution in [1.29, 1.82) is 0 Å². The predicted molar refractivity (Wildman–Crippen MR) is 93.8 cm³/mol. The van der Waals surface area contributed by atoms with Gasteiger partial charge in [0.15, 0.2) is 0 Å². The van der Waals surface area contributed by atoms with Gasteiger partial charge in [0.05, 0.1) is 5.69 Å². The van der Waals surface area contributed by atoms with Crippen LogP contribution in [0.4, 0.5) is 11.4 Å². The van der Waals surface area contributed by atoms with Crippen molar-refractivity contribution in [2.24, 2.45) is 10.8 Å². The summed E-state index contributed by atoms with van der Waals surface area (Å²) in [4.78, 5) is 24.2. The zero-order chi connectivity index (χ0) is 17.1. The molecule has 1 aliphatic heterocycles. The third-order valence-electron chi connectivity index (χ3n) is 3.80. The van der Waals surface area contributed by atoms with Crippen molar-refractivity contribution < 1.29 is 9.59 Å². The molecule has 1 unspecified atom stereocenters. The smallest absolute Gasteiger partial charge is 0.271 e. The number of para-hydroxylation sites is 1. The van der Waals surface area contributed by atoms with Gasteiger partial charge in [-0.1, -0.05) is 30.3 Å². The fraction of sp³-hybridized carbons (Fsp3) is 0.167. The van der Waals surface area contributed by atoms with E-state index in [2.05, 4.69) is 10.4 Å². The largest absolute Gasteiger partial charge is 0.368 e. The average Bonchev–Trinajstić information content (AvgIpc) is 3.01. The van der Waals surface area contributed by atoms with Crippen molar-refractivity contribution in [2.45, 2.75) is 19.4 Å². The minimum Gasteiger partial charge on any atom is -0.368 e. The van der Waals surface area contributed by atoms with Crippen LogP contribution in [0.5, 0.6) is 0 Å². The Morgan fingerprint density at radius 2 is 1.92 bits per heavy atom. The maximum absolute atomic E-state index is 12.5. The summed E-state index contributed by atoms with van der Waals surface area (Å²) >= 11 is 0. The predicted octanol–water partition coefficient (Wildman–Crippen LogP) is 2.05. The van der Waals surface area contributed by atoms with Crippen LogP contribution in [0.15, 0.2) is 59.7 Å². The number of amides is 2. The zero-order valence-electron chi connectivity index (χ0n) is 13.3. The summed E-state index contributed by atoms with van der Waals surface area (Å²) in [5.74, 6) is -0.841. The number of benzene rings is 2. The van der Waals surface area contributed by atoms with Crippen molar-refractivity contribution in [1.82, 2.24) is 0 Å². The molecule has 0 radical (unpaired) electrons. The molecule has 6 nitrogen and oxygen atoms in total. The number of primary amides is 1. The van der Waals surface area contributed by atoms with Crippen molar-refractivity contribution in [3.63, 3.8) is 0 Å². The van der Waals surface area contributed by atoms with Crippen LogP contribution in [0.3, 0.4) is 0 Å². The molecule has 1 atom stereocenters. The Balaban J connectivity index is 1.82. The normalized spacial score (nSPS) is 16.6. The highest BCUT2D eigenvalue weighted by Crippen LogP contribution is 2.24. The monoisotopic (exact) mass is 322 g/mol. The summed E-state index contributed by atoms with van der Waals surface area (Å²) in [5, 5.41) is 8.63. The van der Waals surface area contributed by atoms with Crippen LogP contribution >= 0.6 is 0 Å². The van der Waals surface area contributed by atoms with E-state index in [4.69, 9.17) is 5.73 Å². The molecule has 122 valence electrons. The van der Waals surface area contributed by atoms with Crippen molar-refractivity contribution in [3.8, 4) is 0 Å². The number of hydrogen-bond acceptors (Lipinski definition) is 4. The van der Waals surface area contributed by atoms with Gasteiger partial charge in [0.25, 0.3) is 5.91 Å². The minimum atomic E-state index is -0.661. The number of nitrogens with one attached hydrogen (secondary N) is 1. The Morgan fingerprint density at radius 1 is 1.17 bits per heavy atom. The fourth-order valence-corrected chi connectivity index (χ4v) is 2.61. The van der Waals surface area contributed by atoms with Crippen molar-refractivity contribution >= 4 is 28.9 Å². The molecule has 1 aliphatic rings. The van der Waals surface area contributed by atoms with E-state index in [0.717, 1.165) is 11.3 Å². The molecule has 0 spiro atoms. The third kappa shape index (κ3) is 3.27. The lowest BCUT2D eigenvalue weighted by Crippen LogP contribution is -2.39. The Bertz CT molecular complexity index is 802. The van der Waals surface area contributed by atoms with E-state index in [0.29, 0.717) is 5.69 Å². The SMILES string of the molecule is Cc1cccc(NC(=O)C2=NN(c3ccccc3)C(C(N)=O)C2)c1. The summed E-state index contributed by atoms with van der Waals surface area (Å²) < 4.78 is 0. The second kappa shape index (κ2) is 6.54. The van der Waals surface area contributed by atoms with E-state index in [1.54, 1.807) is 6.07 Å². The Labute approximate surface area is 140 Å². The first kappa shape index (κ1) is 15.7. The molecular formula is C18H18N4O2. The van der Waals surface area contributed by atoms with E-state index in [1.165, 1.54) is 5.01 Å². The molecule has 0 bridgehead atoms. The van der Waals surface area contributed by atoms with Gasteiger partial charge in [-0.3, -0.25) is 14.6 Å². The Morgan fingerprint density at radius 3 is 2.58 bits per heavy atom. The molecule has 0 aromatic heterocycles. The lowest BCUT2D eigenvalue weighted by Gasteiger charge is -2.20. The van der Waals surface area contributed by atoms with Crippen LogP contribution in [-0.2, 0) is 9.59 Å². The topological polar surface area (TPSA) is 87.8 Å². The molecule has 3 rings (SSSR count). The van der Waals surface area contributed by atoms with E-state index in [-0.39, 0.29) is 18.0 Å². The number of carbonyl (C=O) groups is 2. The van der Waals surface area contributed by atoms with E-state index in [1.807, 2.05) is 55.5 Å². The summed E-state index contributed by atoms with van der Waals surface area (Å²) in [7, 11) is 0. The van der Waals surface area contributed by atoms with Crippen molar-refractivity contribution in [2.75, 3.05) is 10.3 Å². The zero-order valence-corrected chi connectivity index (χ0v) is 13.3. The number of nitrogens with two attached hydrogens (primary N) is 1. The molecule has 24 heavy (non-hydrogen) atoms. The fourth-order valence-electron chi connectivity index (χ4n) is 2.61. The third-order valence-corrected chi connectivity index (χ3v) is 3.80. The number of nitrogens with zero attached hydrogens (tertiary/aromatic N) is 2. The first-order chi connectivity index (χ1) is 11.5. The maximum Gasteiger partial charge on any atom is 0.271 e. The first-order valence-electron chi connectivity index (χ1n) is 7.63. The van der Waals surface area contributed by atoms with Gasteiger partial charge in [-0.25, -0.2) is 0 Å². The Hall–Kier alpha value is -3.15. The maximum atomic E-state index is 12.5. The lowest BCUT2D eigenvalue weighted by atomic mass is 10.1.